The number of carboxylic acid groups (broad SMARTS) is 1. The van der Waals surface area contributed by atoms with Crippen LogP contribution in [0.1, 0.15) is 49.7 Å². The van der Waals surface area contributed by atoms with Crippen molar-refractivity contribution < 1.29 is 24.5 Å². The van der Waals surface area contributed by atoms with E-state index in [9.17, 15) is 19.8 Å². The zero-order valence-corrected chi connectivity index (χ0v) is 14.9. The number of hydrogen-bond donors (Lipinski definition) is 2. The molecule has 0 bridgehead atoms. The second kappa shape index (κ2) is 5.24. The summed E-state index contributed by atoms with van der Waals surface area (Å²) in [5, 5.41) is 19.3. The number of hydrogen-bond acceptors (Lipinski definition) is 4. The molecule has 5 heteroatoms. The lowest BCUT2D eigenvalue weighted by atomic mass is 9.55. The topological polar surface area (TPSA) is 83.8 Å². The summed E-state index contributed by atoms with van der Waals surface area (Å²) in [5.41, 5.74) is 2.49. The van der Waals surface area contributed by atoms with E-state index in [1.54, 1.807) is 6.07 Å². The minimum absolute atomic E-state index is 0.111. The van der Waals surface area contributed by atoms with Gasteiger partial charge < -0.3 is 14.9 Å². The summed E-state index contributed by atoms with van der Waals surface area (Å²) in [5.74, 6) is -1.06. The van der Waals surface area contributed by atoms with Crippen LogP contribution in [0.2, 0.25) is 0 Å². The molecule has 3 aliphatic carbocycles. The normalized spacial score (nSPS) is 43.0. The van der Waals surface area contributed by atoms with Gasteiger partial charge in [-0.05, 0) is 73.1 Å². The van der Waals surface area contributed by atoms with Gasteiger partial charge in [0.2, 0.25) is 0 Å². The number of carbonyl (C=O) groups is 2. The van der Waals surface area contributed by atoms with Gasteiger partial charge in [-0.2, -0.15) is 0 Å². The molecule has 1 aliphatic heterocycles. The second-order valence-electron chi connectivity index (χ2n) is 8.92. The molecule has 1 heterocycles. The van der Waals surface area contributed by atoms with Crippen LogP contribution in [0.3, 0.4) is 0 Å². The summed E-state index contributed by atoms with van der Waals surface area (Å²) in [6, 6.07) is 5.74. The standard InChI is InChI=1S/C21H24O5/c1-21-7-6-13-12-5-3-11(22)8-10(12)2-4-14(13)16(21)9-15-17(19(23)24)20(25)26-18(15)21/h3,5,8,13-18,22H,2,4,6-7,9H2,1H3,(H,23,24)/t13-,14-,15-,16+,17?,18?,21+/m1/s1. The maximum absolute atomic E-state index is 12.1. The highest BCUT2D eigenvalue weighted by molar-refractivity contribution is 5.96. The van der Waals surface area contributed by atoms with Crippen LogP contribution in [-0.4, -0.2) is 28.3 Å². The lowest BCUT2D eigenvalue weighted by molar-refractivity contribution is -0.157. The van der Waals surface area contributed by atoms with Gasteiger partial charge in [-0.25, -0.2) is 0 Å². The fourth-order valence-electron chi connectivity index (χ4n) is 6.81. The number of aryl methyl sites for hydroxylation is 1. The van der Waals surface area contributed by atoms with E-state index < -0.39 is 17.9 Å². The molecular weight excluding hydrogens is 332 g/mol. The molecule has 1 saturated heterocycles. The molecule has 1 aromatic carbocycles. The first-order valence-corrected chi connectivity index (χ1v) is 9.65. The number of ether oxygens (including phenoxy) is 1. The summed E-state index contributed by atoms with van der Waals surface area (Å²) < 4.78 is 5.64. The maximum atomic E-state index is 12.1. The van der Waals surface area contributed by atoms with Crippen LogP contribution in [0.5, 0.6) is 5.75 Å². The fourth-order valence-corrected chi connectivity index (χ4v) is 6.81. The van der Waals surface area contributed by atoms with Crippen LogP contribution < -0.4 is 0 Å². The molecule has 0 aromatic heterocycles. The molecule has 5 nitrogen and oxygen atoms in total. The minimum Gasteiger partial charge on any atom is -0.508 e. The number of carbonyl (C=O) groups excluding carboxylic acids is 1. The first-order valence-electron chi connectivity index (χ1n) is 9.65. The molecule has 2 saturated carbocycles. The predicted molar refractivity (Wildman–Crippen MR) is 92.6 cm³/mol. The molecule has 2 unspecified atom stereocenters. The molecule has 138 valence electrons. The lowest BCUT2D eigenvalue weighted by Crippen LogP contribution is -2.44. The van der Waals surface area contributed by atoms with Crippen LogP contribution in [0.15, 0.2) is 18.2 Å². The molecule has 5 rings (SSSR count). The van der Waals surface area contributed by atoms with Gasteiger partial charge >= 0.3 is 11.9 Å². The quantitative estimate of drug-likeness (QED) is 0.597. The van der Waals surface area contributed by atoms with Gasteiger partial charge in [0, 0.05) is 11.3 Å². The van der Waals surface area contributed by atoms with E-state index in [0.29, 0.717) is 23.5 Å². The molecule has 2 N–H and O–H groups in total. The molecule has 1 aromatic rings. The first kappa shape index (κ1) is 16.2. The van der Waals surface area contributed by atoms with Crippen molar-refractivity contribution in [2.45, 2.75) is 51.0 Å². The average molecular weight is 356 g/mol. The largest absolute Gasteiger partial charge is 0.508 e. The Morgan fingerprint density at radius 2 is 2.08 bits per heavy atom. The maximum Gasteiger partial charge on any atom is 0.321 e. The van der Waals surface area contributed by atoms with Crippen molar-refractivity contribution in [1.29, 1.82) is 0 Å². The van der Waals surface area contributed by atoms with E-state index in [2.05, 4.69) is 13.0 Å². The van der Waals surface area contributed by atoms with Crippen molar-refractivity contribution >= 4 is 11.9 Å². The smallest absolute Gasteiger partial charge is 0.321 e. The third-order valence-corrected chi connectivity index (χ3v) is 7.90. The Morgan fingerprint density at radius 3 is 2.85 bits per heavy atom. The summed E-state index contributed by atoms with van der Waals surface area (Å²) >= 11 is 0. The summed E-state index contributed by atoms with van der Waals surface area (Å²) in [6.45, 7) is 2.21. The van der Waals surface area contributed by atoms with Gasteiger partial charge in [-0.15, -0.1) is 0 Å². The van der Waals surface area contributed by atoms with Gasteiger partial charge in [0.15, 0.2) is 5.92 Å². The Hall–Kier alpha value is -2.04. The van der Waals surface area contributed by atoms with E-state index >= 15 is 0 Å². The van der Waals surface area contributed by atoms with Crippen LogP contribution in [0.25, 0.3) is 0 Å². The lowest BCUT2D eigenvalue weighted by Gasteiger charge is -2.50. The number of fused-ring (bicyclic) bond motifs is 7. The molecule has 0 amide bonds. The van der Waals surface area contributed by atoms with Crippen molar-refractivity contribution in [3.8, 4) is 5.75 Å². The fraction of sp³-hybridized carbons (Fsp3) is 0.619. The van der Waals surface area contributed by atoms with E-state index in [4.69, 9.17) is 4.74 Å². The summed E-state index contributed by atoms with van der Waals surface area (Å²) in [4.78, 5) is 23.7. The van der Waals surface area contributed by atoms with E-state index in [1.807, 2.05) is 6.07 Å². The van der Waals surface area contributed by atoms with Crippen molar-refractivity contribution in [3.63, 3.8) is 0 Å². The van der Waals surface area contributed by atoms with Gasteiger partial charge in [0.05, 0.1) is 0 Å². The molecule has 4 aliphatic rings. The number of esters is 1. The van der Waals surface area contributed by atoms with Gasteiger partial charge in [-0.3, -0.25) is 9.59 Å². The Bertz CT molecular complexity index is 802. The molecule has 0 spiro atoms. The highest BCUT2D eigenvalue weighted by Crippen LogP contribution is 2.65. The first-order chi connectivity index (χ1) is 12.4. The Kier molecular flexibility index (Phi) is 3.26. The number of phenolic OH excluding ortho intramolecular Hbond substituents is 1. The predicted octanol–water partition coefficient (Wildman–Crippen LogP) is 3.10. The number of aliphatic carboxylic acids is 1. The number of rotatable bonds is 1. The van der Waals surface area contributed by atoms with Crippen LogP contribution in [0, 0.1) is 29.1 Å². The van der Waals surface area contributed by atoms with Crippen molar-refractivity contribution in [2.75, 3.05) is 0 Å². The number of phenols is 1. The number of aromatic hydroxyl groups is 1. The van der Waals surface area contributed by atoms with E-state index in [0.717, 1.165) is 32.1 Å². The van der Waals surface area contributed by atoms with Crippen molar-refractivity contribution in [1.82, 2.24) is 0 Å². The average Bonchev–Trinajstić information content (AvgIpc) is 3.07. The van der Waals surface area contributed by atoms with Gasteiger partial charge in [0.1, 0.15) is 11.9 Å². The van der Waals surface area contributed by atoms with E-state index in [-0.39, 0.29) is 17.4 Å². The minimum atomic E-state index is -1.04. The molecular formula is C21H24O5. The Labute approximate surface area is 152 Å². The van der Waals surface area contributed by atoms with Crippen LogP contribution >= 0.6 is 0 Å². The zero-order valence-electron chi connectivity index (χ0n) is 14.9. The van der Waals surface area contributed by atoms with Gasteiger partial charge in [-0.1, -0.05) is 13.0 Å². The molecule has 0 radical (unpaired) electrons. The molecule has 26 heavy (non-hydrogen) atoms. The number of benzene rings is 1. The van der Waals surface area contributed by atoms with Gasteiger partial charge in [0.25, 0.3) is 0 Å². The van der Waals surface area contributed by atoms with Crippen molar-refractivity contribution in [2.24, 2.45) is 29.1 Å². The van der Waals surface area contributed by atoms with Crippen molar-refractivity contribution in [3.05, 3.63) is 29.3 Å². The molecule has 3 fully saturated rings. The zero-order chi connectivity index (χ0) is 18.2. The third-order valence-electron chi connectivity index (χ3n) is 7.90. The highest BCUT2D eigenvalue weighted by Gasteiger charge is 2.66. The third kappa shape index (κ3) is 1.97. The summed E-state index contributed by atoms with van der Waals surface area (Å²) in [7, 11) is 0. The monoisotopic (exact) mass is 356 g/mol. The summed E-state index contributed by atoms with van der Waals surface area (Å²) in [6.07, 6.45) is 4.54. The SMILES string of the molecule is C[C@]12CC[C@@H]3c4ccc(O)cc4CC[C@H]3[C@@H]1C[C@@H]1C(C(=O)O)C(=O)OC12. The molecule has 7 atom stereocenters. The second-order valence-corrected chi connectivity index (χ2v) is 8.92. The van der Waals surface area contributed by atoms with E-state index in [1.165, 1.54) is 11.1 Å². The number of carboxylic acids is 1. The van der Waals surface area contributed by atoms with Crippen LogP contribution in [0.4, 0.5) is 0 Å². The Balaban J connectivity index is 1.50. The van der Waals surface area contributed by atoms with Crippen LogP contribution in [-0.2, 0) is 20.7 Å². The highest BCUT2D eigenvalue weighted by atomic mass is 16.6. The Morgan fingerprint density at radius 1 is 1.27 bits per heavy atom.